The first-order chi connectivity index (χ1) is 12.9. The van der Waals surface area contributed by atoms with Gasteiger partial charge in [-0.1, -0.05) is 11.6 Å². The SMILES string of the molecule is O=C([C@@H]1CC[C@@H](O)c2nn(Cc3ccc(Cl)cn3)c(=O)n21)N1CC[C@H](F)C1. The quantitative estimate of drug-likeness (QED) is 0.839. The average Bonchev–Trinajstić information content (AvgIpc) is 3.22. The number of likely N-dealkylation sites (tertiary alicyclic amines) is 1. The number of nitrogens with zero attached hydrogens (tertiary/aromatic N) is 5. The molecule has 2 aromatic heterocycles. The van der Waals surface area contributed by atoms with Gasteiger partial charge in [0.25, 0.3) is 0 Å². The Kier molecular flexibility index (Phi) is 4.73. The maximum Gasteiger partial charge on any atom is 0.347 e. The minimum absolute atomic E-state index is 0.0464. The summed E-state index contributed by atoms with van der Waals surface area (Å²) in [5.74, 6) is -0.135. The average molecular weight is 396 g/mol. The maximum absolute atomic E-state index is 13.5. The van der Waals surface area contributed by atoms with Crippen molar-refractivity contribution in [2.24, 2.45) is 0 Å². The van der Waals surface area contributed by atoms with E-state index in [4.69, 9.17) is 11.6 Å². The number of carbonyl (C=O) groups is 1. The number of amides is 1. The molecule has 3 atom stereocenters. The predicted molar refractivity (Wildman–Crippen MR) is 94.2 cm³/mol. The number of hydrogen-bond acceptors (Lipinski definition) is 5. The number of pyridine rings is 1. The maximum atomic E-state index is 13.5. The number of rotatable bonds is 3. The number of aromatic nitrogens is 4. The van der Waals surface area contributed by atoms with Crippen molar-refractivity contribution in [2.75, 3.05) is 13.1 Å². The van der Waals surface area contributed by atoms with Crippen LogP contribution in [-0.2, 0) is 11.3 Å². The van der Waals surface area contributed by atoms with Gasteiger partial charge in [0.1, 0.15) is 18.3 Å². The van der Waals surface area contributed by atoms with E-state index in [1.807, 2.05) is 0 Å². The van der Waals surface area contributed by atoms with Crippen LogP contribution in [0, 0.1) is 0 Å². The van der Waals surface area contributed by atoms with Gasteiger partial charge in [-0.25, -0.2) is 13.9 Å². The van der Waals surface area contributed by atoms with Crippen LogP contribution in [0.25, 0.3) is 0 Å². The van der Waals surface area contributed by atoms with Gasteiger partial charge in [0, 0.05) is 12.7 Å². The molecule has 0 unspecified atom stereocenters. The first-order valence-electron chi connectivity index (χ1n) is 8.84. The highest BCUT2D eigenvalue weighted by Gasteiger charge is 2.38. The number of hydrogen-bond donors (Lipinski definition) is 1. The molecule has 1 fully saturated rings. The highest BCUT2D eigenvalue weighted by molar-refractivity contribution is 6.30. The lowest BCUT2D eigenvalue weighted by Crippen LogP contribution is -2.42. The predicted octanol–water partition coefficient (Wildman–Crippen LogP) is 1.08. The minimum Gasteiger partial charge on any atom is -0.385 e. The Morgan fingerprint density at radius 2 is 2.15 bits per heavy atom. The lowest BCUT2D eigenvalue weighted by molar-refractivity contribution is -0.135. The Morgan fingerprint density at radius 1 is 1.33 bits per heavy atom. The molecule has 2 aliphatic heterocycles. The standard InChI is InChI=1S/C17H19ClFN5O3/c18-10-1-2-12(20-7-10)9-23-17(27)24-13(3-4-14(25)15(24)21-23)16(26)22-6-5-11(19)8-22/h1-2,7,11,13-14,25H,3-6,8-9H2/t11-,13-,14+/m0/s1. The van der Waals surface area contributed by atoms with Crippen LogP contribution in [0.15, 0.2) is 23.1 Å². The van der Waals surface area contributed by atoms with Gasteiger partial charge < -0.3 is 10.0 Å². The molecule has 0 spiro atoms. The first kappa shape index (κ1) is 18.1. The van der Waals surface area contributed by atoms with Gasteiger partial charge in [0.15, 0.2) is 5.82 Å². The van der Waals surface area contributed by atoms with Crippen LogP contribution < -0.4 is 5.69 Å². The van der Waals surface area contributed by atoms with E-state index < -0.39 is 24.0 Å². The summed E-state index contributed by atoms with van der Waals surface area (Å²) in [7, 11) is 0. The van der Waals surface area contributed by atoms with Crippen LogP contribution in [-0.4, -0.2) is 54.5 Å². The Balaban J connectivity index is 1.65. The number of halogens is 2. The molecule has 1 N–H and O–H groups in total. The van der Waals surface area contributed by atoms with E-state index >= 15 is 0 Å². The van der Waals surface area contributed by atoms with Crippen LogP contribution in [0.2, 0.25) is 5.02 Å². The molecule has 0 radical (unpaired) electrons. The van der Waals surface area contributed by atoms with Crippen molar-refractivity contribution >= 4 is 17.5 Å². The van der Waals surface area contributed by atoms with Gasteiger partial charge in [-0.05, 0) is 31.4 Å². The van der Waals surface area contributed by atoms with E-state index in [0.717, 1.165) is 0 Å². The molecule has 8 nitrogen and oxygen atoms in total. The van der Waals surface area contributed by atoms with Gasteiger partial charge in [0.05, 0.1) is 23.8 Å². The highest BCUT2D eigenvalue weighted by Crippen LogP contribution is 2.31. The molecule has 0 saturated carbocycles. The first-order valence-corrected chi connectivity index (χ1v) is 9.22. The fourth-order valence-electron chi connectivity index (χ4n) is 3.65. The molecule has 2 aromatic rings. The molecule has 1 saturated heterocycles. The van der Waals surface area contributed by atoms with Crippen LogP contribution in [0.3, 0.4) is 0 Å². The Bertz CT molecular complexity index is 912. The smallest absolute Gasteiger partial charge is 0.347 e. The van der Waals surface area contributed by atoms with Crippen molar-refractivity contribution in [3.05, 3.63) is 45.4 Å². The fourth-order valence-corrected chi connectivity index (χ4v) is 3.76. The second-order valence-electron chi connectivity index (χ2n) is 6.92. The molecular weight excluding hydrogens is 377 g/mol. The second-order valence-corrected chi connectivity index (χ2v) is 7.35. The Morgan fingerprint density at radius 3 is 2.81 bits per heavy atom. The van der Waals surface area contributed by atoms with E-state index in [9.17, 15) is 19.1 Å². The van der Waals surface area contributed by atoms with Gasteiger partial charge >= 0.3 is 5.69 Å². The summed E-state index contributed by atoms with van der Waals surface area (Å²) >= 11 is 5.82. The molecule has 2 aliphatic rings. The molecule has 0 aliphatic carbocycles. The monoisotopic (exact) mass is 395 g/mol. The zero-order valence-corrected chi connectivity index (χ0v) is 15.2. The Hall–Kier alpha value is -2.26. The third-order valence-corrected chi connectivity index (χ3v) is 5.27. The molecular formula is C17H19ClFN5O3. The number of aliphatic hydroxyl groups excluding tert-OH is 1. The summed E-state index contributed by atoms with van der Waals surface area (Å²) < 4.78 is 15.9. The number of carbonyl (C=O) groups excluding carboxylic acids is 1. The summed E-state index contributed by atoms with van der Waals surface area (Å²) in [4.78, 5) is 31.3. The molecule has 1 amide bonds. The lowest BCUT2D eigenvalue weighted by Gasteiger charge is -2.28. The molecule has 4 heterocycles. The van der Waals surface area contributed by atoms with E-state index in [1.165, 1.54) is 20.3 Å². The van der Waals surface area contributed by atoms with Crippen LogP contribution in [0.1, 0.15) is 42.9 Å². The third-order valence-electron chi connectivity index (χ3n) is 5.05. The third kappa shape index (κ3) is 3.37. The van der Waals surface area contributed by atoms with Crippen molar-refractivity contribution in [3.8, 4) is 0 Å². The van der Waals surface area contributed by atoms with Gasteiger partial charge in [0.2, 0.25) is 5.91 Å². The summed E-state index contributed by atoms with van der Waals surface area (Å²) in [5.41, 5.74) is 0.0870. The van der Waals surface area contributed by atoms with Crippen molar-refractivity contribution < 1.29 is 14.3 Å². The molecule has 144 valence electrons. The van der Waals surface area contributed by atoms with Gasteiger partial charge in [-0.3, -0.25) is 14.3 Å². The fraction of sp³-hybridized carbons (Fsp3) is 0.529. The second kappa shape index (κ2) is 7.05. The van der Waals surface area contributed by atoms with Crippen molar-refractivity contribution in [1.29, 1.82) is 0 Å². The highest BCUT2D eigenvalue weighted by atomic mass is 35.5. The van der Waals surface area contributed by atoms with Gasteiger partial charge in [-0.2, -0.15) is 5.10 Å². The summed E-state index contributed by atoms with van der Waals surface area (Å²) in [6.07, 6.45) is 0.459. The number of aliphatic hydroxyl groups is 1. The van der Waals surface area contributed by atoms with Crippen LogP contribution in [0.4, 0.5) is 4.39 Å². The number of fused-ring (bicyclic) bond motifs is 1. The van der Waals surface area contributed by atoms with Gasteiger partial charge in [-0.15, -0.1) is 0 Å². The topological polar surface area (TPSA) is 93.2 Å². The van der Waals surface area contributed by atoms with E-state index in [-0.39, 0.29) is 24.8 Å². The molecule has 4 rings (SSSR count). The molecule has 27 heavy (non-hydrogen) atoms. The van der Waals surface area contributed by atoms with Crippen molar-refractivity contribution in [1.82, 2.24) is 24.2 Å². The minimum atomic E-state index is -1.03. The van der Waals surface area contributed by atoms with Crippen LogP contribution >= 0.6 is 11.6 Å². The summed E-state index contributed by atoms with van der Waals surface area (Å²) in [6.45, 7) is 0.483. The van der Waals surface area contributed by atoms with Crippen molar-refractivity contribution in [3.63, 3.8) is 0 Å². The molecule has 0 aromatic carbocycles. The van der Waals surface area contributed by atoms with E-state index in [2.05, 4.69) is 10.1 Å². The largest absolute Gasteiger partial charge is 0.385 e. The van der Waals surface area contributed by atoms with Crippen LogP contribution in [0.5, 0.6) is 0 Å². The zero-order chi connectivity index (χ0) is 19.1. The summed E-state index contributed by atoms with van der Waals surface area (Å²) in [5, 5.41) is 15.0. The zero-order valence-electron chi connectivity index (χ0n) is 14.5. The Labute approximate surface area is 159 Å². The molecule has 0 bridgehead atoms. The van der Waals surface area contributed by atoms with E-state index in [0.29, 0.717) is 36.5 Å². The number of alkyl halides is 1. The molecule has 10 heteroatoms. The summed E-state index contributed by atoms with van der Waals surface area (Å²) in [6, 6.07) is 2.57. The van der Waals surface area contributed by atoms with Crippen molar-refractivity contribution in [2.45, 2.75) is 44.1 Å². The van der Waals surface area contributed by atoms with E-state index in [1.54, 1.807) is 12.1 Å². The lowest BCUT2D eigenvalue weighted by atomic mass is 10.0. The normalized spacial score (nSPS) is 24.9.